The molecule has 0 unspecified atom stereocenters. The van der Waals surface area contributed by atoms with Gasteiger partial charge in [0.25, 0.3) is 0 Å². The van der Waals surface area contributed by atoms with Gasteiger partial charge >= 0.3 is 0 Å². The fourth-order valence-corrected chi connectivity index (χ4v) is 1.65. The highest BCUT2D eigenvalue weighted by Crippen LogP contribution is 1.99. The van der Waals surface area contributed by atoms with Crippen molar-refractivity contribution in [1.82, 2.24) is 9.44 Å². The molecule has 0 atom stereocenters. The van der Waals surface area contributed by atoms with Gasteiger partial charge in [0.1, 0.15) is 0 Å². The molecule has 0 saturated heterocycles. The third-order valence-corrected chi connectivity index (χ3v) is 2.58. The third-order valence-electron chi connectivity index (χ3n) is 1.60. The first-order valence-electron chi connectivity index (χ1n) is 4.43. The molecule has 0 aromatic rings. The summed E-state index contributed by atoms with van der Waals surface area (Å²) in [6.07, 6.45) is 9.46. The van der Waals surface area contributed by atoms with Crippen molar-refractivity contribution in [3.63, 3.8) is 0 Å². The van der Waals surface area contributed by atoms with E-state index in [2.05, 4.69) is 22.0 Å². The Kier molecular flexibility index (Phi) is 12.2. The average Bonchev–Trinajstić information content (AvgIpc) is 2.10. The van der Waals surface area contributed by atoms with Crippen LogP contribution in [0.5, 0.6) is 0 Å². The van der Waals surface area contributed by atoms with E-state index in [4.69, 9.17) is 0 Å². The van der Waals surface area contributed by atoms with E-state index in [0.29, 0.717) is 0 Å². The van der Waals surface area contributed by atoms with Crippen LogP contribution in [0.3, 0.4) is 0 Å². The van der Waals surface area contributed by atoms with Crippen LogP contribution in [-0.4, -0.2) is 25.6 Å². The van der Waals surface area contributed by atoms with Gasteiger partial charge in [0, 0.05) is 13.1 Å². The van der Waals surface area contributed by atoms with Gasteiger partial charge in [-0.25, -0.2) is 0 Å². The molecule has 0 radical (unpaired) electrons. The Bertz CT molecular complexity index is 71.5. The predicted octanol–water partition coefficient (Wildman–Crippen LogP) is 2.28. The first kappa shape index (κ1) is 12.6. The first-order chi connectivity index (χ1) is 5.91. The Morgan fingerprint density at radius 2 is 1.17 bits per heavy atom. The van der Waals surface area contributed by atoms with Crippen LogP contribution in [0.15, 0.2) is 0 Å². The molecule has 0 bridgehead atoms. The summed E-state index contributed by atoms with van der Waals surface area (Å²) < 4.78 is 6.49. The van der Waals surface area contributed by atoms with E-state index in [-0.39, 0.29) is 0 Å². The van der Waals surface area contributed by atoms with E-state index in [9.17, 15) is 0 Å². The smallest absolute Gasteiger partial charge is 0.00584 e. The zero-order valence-electron chi connectivity index (χ0n) is 8.06. The second-order valence-electron chi connectivity index (χ2n) is 2.61. The van der Waals surface area contributed by atoms with E-state index < -0.39 is 0 Å². The summed E-state index contributed by atoms with van der Waals surface area (Å²) in [6.45, 7) is 2.30. The second kappa shape index (κ2) is 11.6. The highest BCUT2D eigenvalue weighted by atomic mass is 32.2. The van der Waals surface area contributed by atoms with Crippen molar-refractivity contribution in [1.29, 1.82) is 0 Å². The van der Waals surface area contributed by atoms with Gasteiger partial charge in [-0.2, -0.15) is 0 Å². The summed E-state index contributed by atoms with van der Waals surface area (Å²) in [4.78, 5) is 0. The lowest BCUT2D eigenvalue weighted by atomic mass is 10.2. The third kappa shape index (κ3) is 10.6. The molecular formula is C8H20N2S2. The van der Waals surface area contributed by atoms with E-state index in [0.717, 1.165) is 13.1 Å². The molecular weight excluding hydrogens is 188 g/mol. The van der Waals surface area contributed by atoms with Gasteiger partial charge in [-0.3, -0.25) is 9.44 Å². The molecule has 2 nitrogen and oxygen atoms in total. The van der Waals surface area contributed by atoms with Crippen LogP contribution in [0.4, 0.5) is 0 Å². The molecule has 0 fully saturated rings. The lowest BCUT2D eigenvalue weighted by molar-refractivity contribution is 0.636. The van der Waals surface area contributed by atoms with Gasteiger partial charge in [-0.1, -0.05) is 36.7 Å². The van der Waals surface area contributed by atoms with Gasteiger partial charge in [-0.05, 0) is 25.4 Å². The van der Waals surface area contributed by atoms with Crippen molar-refractivity contribution in [2.45, 2.75) is 25.7 Å². The summed E-state index contributed by atoms with van der Waals surface area (Å²) in [6, 6.07) is 0. The summed E-state index contributed by atoms with van der Waals surface area (Å²) in [5.41, 5.74) is 0. The maximum absolute atomic E-state index is 3.25. The first-order valence-corrected chi connectivity index (χ1v) is 6.88. The summed E-state index contributed by atoms with van der Waals surface area (Å²) >= 11 is 3.42. The van der Waals surface area contributed by atoms with Gasteiger partial charge < -0.3 is 0 Å². The number of nitrogens with one attached hydrogen (secondary N) is 2. The minimum absolute atomic E-state index is 1.15. The zero-order chi connectivity index (χ0) is 9.07. The van der Waals surface area contributed by atoms with Crippen molar-refractivity contribution in [2.75, 3.05) is 25.6 Å². The molecule has 0 aliphatic rings. The Morgan fingerprint density at radius 1 is 0.750 bits per heavy atom. The quantitative estimate of drug-likeness (QED) is 0.448. The van der Waals surface area contributed by atoms with E-state index >= 15 is 0 Å². The van der Waals surface area contributed by atoms with Gasteiger partial charge in [-0.15, -0.1) is 0 Å². The number of unbranched alkanes of at least 4 members (excludes halogenated alkanes) is 3. The SMILES string of the molecule is CSNCCCCCCNSC. The largest absolute Gasteiger partial charge is 0.264 e. The minimum Gasteiger partial charge on any atom is -0.264 e. The topological polar surface area (TPSA) is 24.1 Å². The van der Waals surface area contributed by atoms with Crippen molar-refractivity contribution in [3.05, 3.63) is 0 Å². The molecule has 0 aromatic heterocycles. The maximum atomic E-state index is 3.25. The number of hydrogen-bond donors (Lipinski definition) is 2. The Balaban J connectivity index is 2.73. The molecule has 2 N–H and O–H groups in total. The lowest BCUT2D eigenvalue weighted by Crippen LogP contribution is -2.06. The zero-order valence-corrected chi connectivity index (χ0v) is 9.69. The van der Waals surface area contributed by atoms with Crippen molar-refractivity contribution < 1.29 is 0 Å². The van der Waals surface area contributed by atoms with Crippen LogP contribution in [0.2, 0.25) is 0 Å². The van der Waals surface area contributed by atoms with Gasteiger partial charge in [0.2, 0.25) is 0 Å². The Hall–Kier alpha value is 0.620. The maximum Gasteiger partial charge on any atom is 0.00584 e. The molecule has 0 aliphatic carbocycles. The lowest BCUT2D eigenvalue weighted by Gasteiger charge is -2.01. The normalized spacial score (nSPS) is 10.5. The fourth-order valence-electron chi connectivity index (χ4n) is 0.952. The molecule has 4 heteroatoms. The van der Waals surface area contributed by atoms with E-state index in [1.54, 1.807) is 23.9 Å². The molecule has 0 aromatic carbocycles. The van der Waals surface area contributed by atoms with Crippen LogP contribution < -0.4 is 9.44 Å². The summed E-state index contributed by atoms with van der Waals surface area (Å²) in [7, 11) is 0. The molecule has 0 amide bonds. The number of hydrogen-bond acceptors (Lipinski definition) is 4. The van der Waals surface area contributed by atoms with Crippen molar-refractivity contribution in [2.24, 2.45) is 0 Å². The van der Waals surface area contributed by atoms with E-state index in [1.165, 1.54) is 25.7 Å². The molecule has 0 saturated carbocycles. The predicted molar refractivity (Wildman–Crippen MR) is 61.5 cm³/mol. The van der Waals surface area contributed by atoms with Crippen LogP contribution in [0.1, 0.15) is 25.7 Å². The van der Waals surface area contributed by atoms with Gasteiger partial charge in [0.15, 0.2) is 0 Å². The second-order valence-corrected chi connectivity index (χ2v) is 4.00. The fraction of sp³-hybridized carbons (Fsp3) is 1.00. The Morgan fingerprint density at radius 3 is 1.50 bits per heavy atom. The number of rotatable bonds is 9. The minimum atomic E-state index is 1.15. The molecule has 74 valence electrons. The molecule has 0 heterocycles. The molecule has 12 heavy (non-hydrogen) atoms. The van der Waals surface area contributed by atoms with Crippen molar-refractivity contribution >= 4 is 23.9 Å². The van der Waals surface area contributed by atoms with Crippen LogP contribution >= 0.6 is 23.9 Å². The van der Waals surface area contributed by atoms with Crippen LogP contribution in [-0.2, 0) is 0 Å². The highest BCUT2D eigenvalue weighted by molar-refractivity contribution is 7.96. The van der Waals surface area contributed by atoms with Crippen LogP contribution in [0.25, 0.3) is 0 Å². The monoisotopic (exact) mass is 208 g/mol. The van der Waals surface area contributed by atoms with Gasteiger partial charge in [0.05, 0.1) is 0 Å². The Labute approximate surface area is 84.9 Å². The van der Waals surface area contributed by atoms with E-state index in [1.807, 2.05) is 0 Å². The highest BCUT2D eigenvalue weighted by Gasteiger charge is 1.89. The molecule has 0 rings (SSSR count). The average molecular weight is 208 g/mol. The van der Waals surface area contributed by atoms with Crippen LogP contribution in [0, 0.1) is 0 Å². The molecule has 0 spiro atoms. The standard InChI is InChI=1S/C8H20N2S2/c1-11-9-7-5-3-4-6-8-10-12-2/h9-10H,3-8H2,1-2H3. The summed E-state index contributed by atoms with van der Waals surface area (Å²) in [5.74, 6) is 0. The summed E-state index contributed by atoms with van der Waals surface area (Å²) in [5, 5.41) is 0. The molecule has 0 aliphatic heterocycles. The van der Waals surface area contributed by atoms with Crippen molar-refractivity contribution in [3.8, 4) is 0 Å².